The van der Waals surface area contributed by atoms with E-state index >= 15 is 0 Å². The van der Waals surface area contributed by atoms with Crippen molar-refractivity contribution < 1.29 is 18.3 Å². The SMILES string of the molecule is Cc1c(F)cc(OCC2CCCO2)cc1F. The van der Waals surface area contributed by atoms with E-state index in [0.717, 1.165) is 19.4 Å². The molecule has 1 aliphatic rings. The summed E-state index contributed by atoms with van der Waals surface area (Å²) in [6, 6.07) is 2.40. The molecule has 16 heavy (non-hydrogen) atoms. The van der Waals surface area contributed by atoms with Gasteiger partial charge in [0, 0.05) is 24.3 Å². The van der Waals surface area contributed by atoms with Crippen molar-refractivity contribution in [2.24, 2.45) is 0 Å². The van der Waals surface area contributed by atoms with E-state index in [2.05, 4.69) is 0 Å². The van der Waals surface area contributed by atoms with Gasteiger partial charge in [-0.2, -0.15) is 0 Å². The molecule has 0 spiro atoms. The second-order valence-electron chi connectivity index (χ2n) is 3.96. The molecule has 1 fully saturated rings. The summed E-state index contributed by atoms with van der Waals surface area (Å²) in [5.74, 6) is -0.944. The molecule has 0 N–H and O–H groups in total. The lowest BCUT2D eigenvalue weighted by Crippen LogP contribution is -2.16. The zero-order valence-electron chi connectivity index (χ0n) is 9.13. The van der Waals surface area contributed by atoms with Crippen LogP contribution in [-0.2, 0) is 4.74 Å². The van der Waals surface area contributed by atoms with Crippen molar-refractivity contribution in [3.8, 4) is 5.75 Å². The maximum atomic E-state index is 13.2. The normalized spacial score (nSPS) is 20.1. The van der Waals surface area contributed by atoms with E-state index in [9.17, 15) is 8.78 Å². The van der Waals surface area contributed by atoms with Crippen LogP contribution in [0.25, 0.3) is 0 Å². The standard InChI is InChI=1S/C12H14F2O2/c1-8-11(13)5-10(6-12(8)14)16-7-9-3-2-4-15-9/h5-6,9H,2-4,7H2,1H3. The lowest BCUT2D eigenvalue weighted by molar-refractivity contribution is 0.0677. The average molecular weight is 228 g/mol. The van der Waals surface area contributed by atoms with Crippen LogP contribution in [0.15, 0.2) is 12.1 Å². The van der Waals surface area contributed by atoms with E-state index < -0.39 is 11.6 Å². The van der Waals surface area contributed by atoms with Crippen molar-refractivity contribution in [1.29, 1.82) is 0 Å². The summed E-state index contributed by atoms with van der Waals surface area (Å²) in [4.78, 5) is 0. The molecule has 1 heterocycles. The summed E-state index contributed by atoms with van der Waals surface area (Å²) in [6.07, 6.45) is 2.01. The fourth-order valence-electron chi connectivity index (χ4n) is 1.67. The van der Waals surface area contributed by atoms with E-state index in [1.807, 2.05) is 0 Å². The first kappa shape index (κ1) is 11.3. The van der Waals surface area contributed by atoms with Gasteiger partial charge in [-0.1, -0.05) is 0 Å². The van der Waals surface area contributed by atoms with Crippen molar-refractivity contribution in [3.63, 3.8) is 0 Å². The average Bonchev–Trinajstić information content (AvgIpc) is 2.75. The number of hydrogen-bond acceptors (Lipinski definition) is 2. The van der Waals surface area contributed by atoms with E-state index in [1.165, 1.54) is 19.1 Å². The van der Waals surface area contributed by atoms with Gasteiger partial charge in [0.15, 0.2) is 0 Å². The Balaban J connectivity index is 1.98. The van der Waals surface area contributed by atoms with Crippen LogP contribution in [0.4, 0.5) is 8.78 Å². The van der Waals surface area contributed by atoms with Crippen LogP contribution in [0.5, 0.6) is 5.75 Å². The first-order valence-corrected chi connectivity index (χ1v) is 5.37. The summed E-state index contributed by atoms with van der Waals surface area (Å²) < 4.78 is 37.0. The fourth-order valence-corrected chi connectivity index (χ4v) is 1.67. The van der Waals surface area contributed by atoms with Crippen LogP contribution in [-0.4, -0.2) is 19.3 Å². The molecule has 1 aromatic rings. The molecule has 1 aliphatic heterocycles. The Hall–Kier alpha value is -1.16. The van der Waals surface area contributed by atoms with Crippen LogP contribution in [0.3, 0.4) is 0 Å². The zero-order chi connectivity index (χ0) is 11.5. The Morgan fingerprint density at radius 3 is 2.62 bits per heavy atom. The molecule has 2 rings (SSSR count). The van der Waals surface area contributed by atoms with Gasteiger partial charge < -0.3 is 9.47 Å². The molecule has 1 saturated heterocycles. The van der Waals surface area contributed by atoms with Crippen LogP contribution >= 0.6 is 0 Å². The van der Waals surface area contributed by atoms with E-state index in [0.29, 0.717) is 6.61 Å². The van der Waals surface area contributed by atoms with Gasteiger partial charge in [-0.3, -0.25) is 0 Å². The number of benzene rings is 1. The highest BCUT2D eigenvalue weighted by molar-refractivity contribution is 5.29. The Kier molecular flexibility index (Phi) is 3.39. The van der Waals surface area contributed by atoms with Gasteiger partial charge in [0.2, 0.25) is 0 Å². The Labute approximate surface area is 93.2 Å². The van der Waals surface area contributed by atoms with Crippen LogP contribution in [0, 0.1) is 18.6 Å². The highest BCUT2D eigenvalue weighted by Crippen LogP contribution is 2.21. The van der Waals surface area contributed by atoms with Gasteiger partial charge in [0.1, 0.15) is 24.0 Å². The van der Waals surface area contributed by atoms with E-state index in [1.54, 1.807) is 0 Å². The van der Waals surface area contributed by atoms with E-state index in [-0.39, 0.29) is 17.4 Å². The topological polar surface area (TPSA) is 18.5 Å². The van der Waals surface area contributed by atoms with Gasteiger partial charge in [0.25, 0.3) is 0 Å². The number of hydrogen-bond donors (Lipinski definition) is 0. The maximum absolute atomic E-state index is 13.2. The molecule has 2 nitrogen and oxygen atoms in total. The molecule has 1 unspecified atom stereocenters. The lowest BCUT2D eigenvalue weighted by atomic mass is 10.2. The second-order valence-corrected chi connectivity index (χ2v) is 3.96. The predicted octanol–water partition coefficient (Wildman–Crippen LogP) is 2.83. The Morgan fingerprint density at radius 1 is 1.38 bits per heavy atom. The molecule has 0 saturated carbocycles. The third-order valence-corrected chi connectivity index (χ3v) is 2.71. The summed E-state index contributed by atoms with van der Waals surface area (Å²) in [5, 5.41) is 0. The van der Waals surface area contributed by atoms with Crippen LogP contribution < -0.4 is 4.74 Å². The van der Waals surface area contributed by atoms with Gasteiger partial charge in [0.05, 0.1) is 6.10 Å². The third kappa shape index (κ3) is 2.50. The number of rotatable bonds is 3. The van der Waals surface area contributed by atoms with Gasteiger partial charge in [-0.15, -0.1) is 0 Å². The Bertz CT molecular complexity index is 350. The minimum atomic E-state index is -0.581. The fraction of sp³-hybridized carbons (Fsp3) is 0.500. The molecule has 4 heteroatoms. The molecule has 88 valence electrons. The molecular weight excluding hydrogens is 214 g/mol. The van der Waals surface area contributed by atoms with Crippen molar-refractivity contribution in [2.75, 3.05) is 13.2 Å². The zero-order valence-corrected chi connectivity index (χ0v) is 9.13. The van der Waals surface area contributed by atoms with Crippen molar-refractivity contribution in [3.05, 3.63) is 29.3 Å². The molecule has 0 aromatic heterocycles. The molecule has 0 aliphatic carbocycles. The summed E-state index contributed by atoms with van der Waals surface area (Å²) in [7, 11) is 0. The first-order chi connectivity index (χ1) is 7.66. The monoisotopic (exact) mass is 228 g/mol. The molecule has 0 amide bonds. The molecule has 1 aromatic carbocycles. The largest absolute Gasteiger partial charge is 0.491 e. The molecule has 1 atom stereocenters. The second kappa shape index (κ2) is 4.78. The lowest BCUT2D eigenvalue weighted by Gasteiger charge is -2.12. The predicted molar refractivity (Wildman–Crippen MR) is 55.6 cm³/mol. The highest BCUT2D eigenvalue weighted by atomic mass is 19.1. The minimum absolute atomic E-state index is 0.0180. The van der Waals surface area contributed by atoms with Gasteiger partial charge >= 0.3 is 0 Å². The molecule has 0 radical (unpaired) electrons. The van der Waals surface area contributed by atoms with Crippen molar-refractivity contribution in [1.82, 2.24) is 0 Å². The molecule has 0 bridgehead atoms. The summed E-state index contributed by atoms with van der Waals surface area (Å²) in [5.41, 5.74) is 0.0180. The summed E-state index contributed by atoms with van der Waals surface area (Å²) >= 11 is 0. The van der Waals surface area contributed by atoms with Crippen LogP contribution in [0.2, 0.25) is 0 Å². The van der Waals surface area contributed by atoms with Crippen molar-refractivity contribution in [2.45, 2.75) is 25.9 Å². The third-order valence-electron chi connectivity index (χ3n) is 2.71. The number of halogens is 2. The number of ether oxygens (including phenoxy) is 2. The Morgan fingerprint density at radius 2 is 2.06 bits per heavy atom. The highest BCUT2D eigenvalue weighted by Gasteiger charge is 2.16. The van der Waals surface area contributed by atoms with E-state index in [4.69, 9.17) is 9.47 Å². The van der Waals surface area contributed by atoms with Gasteiger partial charge in [-0.25, -0.2) is 8.78 Å². The van der Waals surface area contributed by atoms with Crippen LogP contribution in [0.1, 0.15) is 18.4 Å². The smallest absolute Gasteiger partial charge is 0.132 e. The van der Waals surface area contributed by atoms with Crippen molar-refractivity contribution >= 4 is 0 Å². The summed E-state index contributed by atoms with van der Waals surface area (Å²) in [6.45, 7) is 2.49. The van der Waals surface area contributed by atoms with Gasteiger partial charge in [-0.05, 0) is 19.8 Å². The molecular formula is C12H14F2O2. The minimum Gasteiger partial charge on any atom is -0.491 e. The quantitative estimate of drug-likeness (QED) is 0.792. The maximum Gasteiger partial charge on any atom is 0.132 e. The first-order valence-electron chi connectivity index (χ1n) is 5.37.